The van der Waals surface area contributed by atoms with Crippen LogP contribution in [0.4, 0.5) is 20.4 Å². The fourth-order valence-corrected chi connectivity index (χ4v) is 2.12. The van der Waals surface area contributed by atoms with Gasteiger partial charge in [-0.2, -0.15) is 4.98 Å². The lowest BCUT2D eigenvalue weighted by Gasteiger charge is -2.08. The van der Waals surface area contributed by atoms with Crippen LogP contribution >= 0.6 is 0 Å². The number of rotatable bonds is 5. The van der Waals surface area contributed by atoms with Crippen LogP contribution in [0.5, 0.6) is 11.5 Å². The number of anilines is 2. The molecule has 0 fully saturated rings. The van der Waals surface area contributed by atoms with E-state index in [1.54, 1.807) is 32.4 Å². The summed E-state index contributed by atoms with van der Waals surface area (Å²) in [7, 11) is 3.09. The monoisotopic (exact) mass is 332 g/mol. The van der Waals surface area contributed by atoms with E-state index in [9.17, 15) is 8.78 Å². The highest BCUT2D eigenvalue weighted by atomic mass is 19.1. The standard InChI is InChI=1S/C16H14F2N4O2/c1-23-14-6-12(7-15(8-14)24-2)20-16-19-9-22(21-16)13-4-10(17)3-11(18)5-13/h3-9H,1-2H3,(H,20,21). The number of ether oxygens (including phenoxy) is 2. The summed E-state index contributed by atoms with van der Waals surface area (Å²) in [5, 5.41) is 7.13. The van der Waals surface area contributed by atoms with Gasteiger partial charge in [0.25, 0.3) is 0 Å². The Morgan fingerprint density at radius 3 is 2.12 bits per heavy atom. The second kappa shape index (κ2) is 6.53. The molecular formula is C16H14F2N4O2. The summed E-state index contributed by atoms with van der Waals surface area (Å²) in [4.78, 5) is 4.07. The highest BCUT2D eigenvalue weighted by Gasteiger charge is 2.08. The van der Waals surface area contributed by atoms with Crippen molar-refractivity contribution in [3.05, 3.63) is 54.4 Å². The van der Waals surface area contributed by atoms with E-state index in [0.29, 0.717) is 17.2 Å². The number of benzene rings is 2. The van der Waals surface area contributed by atoms with Crippen molar-refractivity contribution in [3.8, 4) is 17.2 Å². The number of nitrogens with zero attached hydrogens (tertiary/aromatic N) is 3. The molecule has 0 bridgehead atoms. The highest BCUT2D eigenvalue weighted by molar-refractivity contribution is 5.59. The Balaban J connectivity index is 1.86. The maximum absolute atomic E-state index is 13.3. The lowest BCUT2D eigenvalue weighted by molar-refractivity contribution is 0.395. The Bertz CT molecular complexity index is 825. The molecule has 0 aliphatic carbocycles. The number of halogens is 2. The first-order chi connectivity index (χ1) is 11.6. The SMILES string of the molecule is COc1cc(Nc2ncn(-c3cc(F)cc(F)c3)n2)cc(OC)c1. The van der Waals surface area contributed by atoms with Gasteiger partial charge in [-0.05, 0) is 12.1 Å². The van der Waals surface area contributed by atoms with Crippen LogP contribution in [0.1, 0.15) is 0 Å². The molecule has 0 aliphatic rings. The van der Waals surface area contributed by atoms with Gasteiger partial charge in [0.2, 0.25) is 5.95 Å². The zero-order valence-corrected chi connectivity index (χ0v) is 13.0. The molecular weight excluding hydrogens is 318 g/mol. The lowest BCUT2D eigenvalue weighted by Crippen LogP contribution is -1.99. The van der Waals surface area contributed by atoms with Gasteiger partial charge in [0.1, 0.15) is 29.5 Å². The van der Waals surface area contributed by atoms with Crippen LogP contribution in [-0.4, -0.2) is 29.0 Å². The predicted octanol–water partition coefficient (Wildman–Crippen LogP) is 3.31. The molecule has 24 heavy (non-hydrogen) atoms. The second-order valence-corrected chi connectivity index (χ2v) is 4.87. The molecule has 8 heteroatoms. The van der Waals surface area contributed by atoms with Crippen LogP contribution in [0, 0.1) is 11.6 Å². The third kappa shape index (κ3) is 3.43. The van der Waals surface area contributed by atoms with Crippen LogP contribution < -0.4 is 14.8 Å². The van der Waals surface area contributed by atoms with Gasteiger partial charge in [-0.1, -0.05) is 0 Å². The van der Waals surface area contributed by atoms with Gasteiger partial charge in [-0.15, -0.1) is 5.10 Å². The lowest BCUT2D eigenvalue weighted by atomic mass is 10.3. The average molecular weight is 332 g/mol. The van der Waals surface area contributed by atoms with E-state index < -0.39 is 11.6 Å². The summed E-state index contributed by atoms with van der Waals surface area (Å²) in [6, 6.07) is 8.33. The molecule has 1 aromatic heterocycles. The molecule has 0 saturated carbocycles. The van der Waals surface area contributed by atoms with Crippen LogP contribution in [-0.2, 0) is 0 Å². The average Bonchev–Trinajstić information content (AvgIpc) is 3.02. The fraction of sp³-hybridized carbons (Fsp3) is 0.125. The first kappa shape index (κ1) is 15.7. The molecule has 1 N–H and O–H groups in total. The van der Waals surface area contributed by atoms with Gasteiger partial charge in [-0.3, -0.25) is 0 Å². The van der Waals surface area contributed by atoms with E-state index in [1.165, 1.54) is 11.0 Å². The minimum Gasteiger partial charge on any atom is -0.497 e. The molecule has 0 spiro atoms. The van der Waals surface area contributed by atoms with E-state index in [0.717, 1.165) is 18.2 Å². The molecule has 124 valence electrons. The van der Waals surface area contributed by atoms with E-state index >= 15 is 0 Å². The van der Waals surface area contributed by atoms with Crippen molar-refractivity contribution in [3.63, 3.8) is 0 Å². The van der Waals surface area contributed by atoms with Gasteiger partial charge in [0.15, 0.2) is 0 Å². The smallest absolute Gasteiger partial charge is 0.246 e. The molecule has 0 amide bonds. The number of aromatic nitrogens is 3. The maximum atomic E-state index is 13.3. The summed E-state index contributed by atoms with van der Waals surface area (Å²) >= 11 is 0. The topological polar surface area (TPSA) is 61.2 Å². The fourth-order valence-electron chi connectivity index (χ4n) is 2.12. The minimum atomic E-state index is -0.687. The molecule has 0 radical (unpaired) electrons. The van der Waals surface area contributed by atoms with E-state index in [2.05, 4.69) is 15.4 Å². The van der Waals surface area contributed by atoms with Gasteiger partial charge < -0.3 is 14.8 Å². The Morgan fingerprint density at radius 1 is 0.917 bits per heavy atom. The first-order valence-electron chi connectivity index (χ1n) is 6.95. The molecule has 1 heterocycles. The number of nitrogens with one attached hydrogen (secondary N) is 1. The molecule has 3 rings (SSSR count). The second-order valence-electron chi connectivity index (χ2n) is 4.87. The van der Waals surface area contributed by atoms with Crippen LogP contribution in [0.25, 0.3) is 5.69 Å². The van der Waals surface area contributed by atoms with E-state index in [4.69, 9.17) is 9.47 Å². The zero-order chi connectivity index (χ0) is 17.1. The van der Waals surface area contributed by atoms with Crippen molar-refractivity contribution >= 4 is 11.6 Å². The number of hydrogen-bond acceptors (Lipinski definition) is 5. The Labute approximate surface area is 136 Å². The van der Waals surface area contributed by atoms with Gasteiger partial charge >= 0.3 is 0 Å². The third-order valence-corrected chi connectivity index (χ3v) is 3.21. The summed E-state index contributed by atoms with van der Waals surface area (Å²) in [5.74, 6) is 0.0852. The molecule has 0 saturated heterocycles. The predicted molar refractivity (Wildman–Crippen MR) is 84.1 cm³/mol. The van der Waals surface area contributed by atoms with Crippen molar-refractivity contribution in [2.24, 2.45) is 0 Å². The molecule has 3 aromatic rings. The third-order valence-electron chi connectivity index (χ3n) is 3.21. The molecule has 0 aliphatic heterocycles. The van der Waals surface area contributed by atoms with Crippen LogP contribution in [0.15, 0.2) is 42.7 Å². The summed E-state index contributed by atoms with van der Waals surface area (Å²) in [6.45, 7) is 0. The van der Waals surface area contributed by atoms with Crippen molar-refractivity contribution in [1.82, 2.24) is 14.8 Å². The van der Waals surface area contributed by atoms with Crippen molar-refractivity contribution in [2.75, 3.05) is 19.5 Å². The Kier molecular flexibility index (Phi) is 4.28. The summed E-state index contributed by atoms with van der Waals surface area (Å²) < 4.78 is 38.2. The number of hydrogen-bond donors (Lipinski definition) is 1. The molecule has 2 aromatic carbocycles. The van der Waals surface area contributed by atoms with Crippen molar-refractivity contribution in [1.29, 1.82) is 0 Å². The zero-order valence-electron chi connectivity index (χ0n) is 13.0. The van der Waals surface area contributed by atoms with Crippen LogP contribution in [0.3, 0.4) is 0 Å². The van der Waals surface area contributed by atoms with Crippen molar-refractivity contribution in [2.45, 2.75) is 0 Å². The normalized spacial score (nSPS) is 10.5. The molecule has 0 unspecified atom stereocenters. The maximum Gasteiger partial charge on any atom is 0.246 e. The van der Waals surface area contributed by atoms with Gasteiger partial charge in [0, 0.05) is 30.0 Å². The van der Waals surface area contributed by atoms with Crippen LogP contribution in [0.2, 0.25) is 0 Å². The first-order valence-corrected chi connectivity index (χ1v) is 6.95. The van der Waals surface area contributed by atoms with Gasteiger partial charge in [0.05, 0.1) is 19.9 Å². The van der Waals surface area contributed by atoms with E-state index in [-0.39, 0.29) is 11.6 Å². The van der Waals surface area contributed by atoms with Gasteiger partial charge in [-0.25, -0.2) is 13.5 Å². The molecule has 6 nitrogen and oxygen atoms in total. The van der Waals surface area contributed by atoms with Crippen molar-refractivity contribution < 1.29 is 18.3 Å². The molecule has 0 atom stereocenters. The summed E-state index contributed by atoms with van der Waals surface area (Å²) in [6.07, 6.45) is 1.36. The quantitative estimate of drug-likeness (QED) is 0.777. The largest absolute Gasteiger partial charge is 0.497 e. The Morgan fingerprint density at radius 2 is 1.54 bits per heavy atom. The number of methoxy groups -OCH3 is 2. The summed E-state index contributed by atoms with van der Waals surface area (Å²) in [5.41, 5.74) is 0.880. The minimum absolute atomic E-state index is 0.233. The highest BCUT2D eigenvalue weighted by Crippen LogP contribution is 2.27. The van der Waals surface area contributed by atoms with E-state index in [1.807, 2.05) is 0 Å². The Hall–Kier alpha value is -3.16.